The SMILES string of the molecule is Fc1cccc(CN2CCN(Cc3cccc(Br)c3)CC2)c1. The second-order valence-corrected chi connectivity index (χ2v) is 6.73. The summed E-state index contributed by atoms with van der Waals surface area (Å²) in [5.74, 6) is -0.147. The highest BCUT2D eigenvalue weighted by Crippen LogP contribution is 2.15. The zero-order valence-corrected chi connectivity index (χ0v) is 14.1. The van der Waals surface area contributed by atoms with Gasteiger partial charge in [0.05, 0.1) is 0 Å². The van der Waals surface area contributed by atoms with E-state index in [1.54, 1.807) is 12.1 Å². The van der Waals surface area contributed by atoms with Crippen molar-refractivity contribution in [1.82, 2.24) is 9.80 Å². The number of benzene rings is 2. The molecule has 116 valence electrons. The van der Waals surface area contributed by atoms with E-state index in [4.69, 9.17) is 0 Å². The summed E-state index contributed by atoms with van der Waals surface area (Å²) in [5, 5.41) is 0. The predicted molar refractivity (Wildman–Crippen MR) is 91.1 cm³/mol. The molecule has 4 heteroatoms. The van der Waals surface area contributed by atoms with Crippen LogP contribution in [0.25, 0.3) is 0 Å². The average Bonchev–Trinajstić information content (AvgIpc) is 2.49. The Labute approximate surface area is 139 Å². The van der Waals surface area contributed by atoms with Crippen molar-refractivity contribution < 1.29 is 4.39 Å². The van der Waals surface area contributed by atoms with Crippen LogP contribution in [0.4, 0.5) is 4.39 Å². The van der Waals surface area contributed by atoms with Gasteiger partial charge in [0.25, 0.3) is 0 Å². The molecule has 0 saturated carbocycles. The maximum absolute atomic E-state index is 13.2. The van der Waals surface area contributed by atoms with Crippen LogP contribution in [0, 0.1) is 5.82 Å². The van der Waals surface area contributed by atoms with Crippen LogP contribution in [-0.4, -0.2) is 36.0 Å². The Morgan fingerprint density at radius 3 is 1.91 bits per heavy atom. The number of rotatable bonds is 4. The molecule has 22 heavy (non-hydrogen) atoms. The molecule has 2 nitrogen and oxygen atoms in total. The van der Waals surface area contributed by atoms with Gasteiger partial charge in [0.15, 0.2) is 0 Å². The highest BCUT2D eigenvalue weighted by atomic mass is 79.9. The van der Waals surface area contributed by atoms with E-state index >= 15 is 0 Å². The zero-order valence-electron chi connectivity index (χ0n) is 12.5. The Kier molecular flexibility index (Phi) is 5.24. The molecule has 0 aromatic heterocycles. The van der Waals surface area contributed by atoms with Crippen LogP contribution in [-0.2, 0) is 13.1 Å². The fourth-order valence-electron chi connectivity index (χ4n) is 2.89. The first kappa shape index (κ1) is 15.7. The minimum Gasteiger partial charge on any atom is -0.297 e. The number of halogens is 2. The molecule has 1 aliphatic heterocycles. The molecular formula is C18H20BrFN2. The van der Waals surface area contributed by atoms with E-state index in [1.807, 2.05) is 6.07 Å². The maximum atomic E-state index is 13.2. The molecule has 1 fully saturated rings. The van der Waals surface area contributed by atoms with Crippen molar-refractivity contribution in [2.45, 2.75) is 13.1 Å². The van der Waals surface area contributed by atoms with Crippen molar-refractivity contribution in [3.63, 3.8) is 0 Å². The topological polar surface area (TPSA) is 6.48 Å². The summed E-state index contributed by atoms with van der Waals surface area (Å²) in [6, 6.07) is 15.4. The second kappa shape index (κ2) is 7.36. The van der Waals surface area contributed by atoms with Gasteiger partial charge in [0.1, 0.15) is 5.82 Å². The standard InChI is InChI=1S/C18H20BrFN2/c19-17-5-1-3-15(11-17)13-21-7-9-22(10-8-21)14-16-4-2-6-18(20)12-16/h1-6,11-12H,7-10,13-14H2. The largest absolute Gasteiger partial charge is 0.297 e. The van der Waals surface area contributed by atoms with E-state index in [1.165, 1.54) is 11.6 Å². The molecule has 2 aromatic carbocycles. The molecule has 0 amide bonds. The highest BCUT2D eigenvalue weighted by molar-refractivity contribution is 9.10. The van der Waals surface area contributed by atoms with Gasteiger partial charge in [-0.1, -0.05) is 40.2 Å². The molecule has 0 spiro atoms. The van der Waals surface area contributed by atoms with E-state index in [0.717, 1.165) is 49.3 Å². The van der Waals surface area contributed by atoms with Gasteiger partial charge in [-0.2, -0.15) is 0 Å². The van der Waals surface area contributed by atoms with Crippen molar-refractivity contribution in [3.05, 3.63) is 69.9 Å². The summed E-state index contributed by atoms with van der Waals surface area (Å²) in [6.07, 6.45) is 0. The van der Waals surface area contributed by atoms with Gasteiger partial charge < -0.3 is 0 Å². The van der Waals surface area contributed by atoms with Crippen LogP contribution in [0.1, 0.15) is 11.1 Å². The summed E-state index contributed by atoms with van der Waals surface area (Å²) in [5.41, 5.74) is 2.40. The van der Waals surface area contributed by atoms with Crippen molar-refractivity contribution >= 4 is 15.9 Å². The second-order valence-electron chi connectivity index (χ2n) is 5.81. The van der Waals surface area contributed by atoms with Crippen LogP contribution in [0.3, 0.4) is 0 Å². The van der Waals surface area contributed by atoms with Gasteiger partial charge in [0.2, 0.25) is 0 Å². The predicted octanol–water partition coefficient (Wildman–Crippen LogP) is 3.91. The Bertz CT molecular complexity index is 568. The summed E-state index contributed by atoms with van der Waals surface area (Å²) in [4.78, 5) is 4.87. The van der Waals surface area contributed by atoms with Gasteiger partial charge in [-0.3, -0.25) is 9.80 Å². The van der Waals surface area contributed by atoms with Crippen molar-refractivity contribution in [1.29, 1.82) is 0 Å². The minimum atomic E-state index is -0.147. The molecule has 1 aliphatic rings. The molecule has 1 heterocycles. The number of hydrogen-bond acceptors (Lipinski definition) is 2. The van der Waals surface area contributed by atoms with E-state index in [9.17, 15) is 4.39 Å². The Balaban J connectivity index is 1.50. The summed E-state index contributed by atoms with van der Waals surface area (Å²) in [6.45, 7) is 6.01. The van der Waals surface area contributed by atoms with E-state index in [2.05, 4.69) is 50.0 Å². The fraction of sp³-hybridized carbons (Fsp3) is 0.333. The lowest BCUT2D eigenvalue weighted by Crippen LogP contribution is -2.45. The average molecular weight is 363 g/mol. The fourth-order valence-corrected chi connectivity index (χ4v) is 3.34. The van der Waals surface area contributed by atoms with Crippen molar-refractivity contribution in [3.8, 4) is 0 Å². The smallest absolute Gasteiger partial charge is 0.123 e. The number of nitrogens with zero attached hydrogens (tertiary/aromatic N) is 2. The van der Waals surface area contributed by atoms with Crippen LogP contribution in [0.2, 0.25) is 0 Å². The lowest BCUT2D eigenvalue weighted by atomic mass is 10.1. The lowest BCUT2D eigenvalue weighted by Gasteiger charge is -2.34. The molecule has 3 rings (SSSR count). The minimum absolute atomic E-state index is 0.147. The normalized spacial score (nSPS) is 16.8. The Morgan fingerprint density at radius 1 is 0.818 bits per heavy atom. The first-order valence-corrected chi connectivity index (χ1v) is 8.42. The molecule has 0 aliphatic carbocycles. The molecule has 0 unspecified atom stereocenters. The van der Waals surface area contributed by atoms with Crippen LogP contribution in [0.5, 0.6) is 0 Å². The molecule has 0 N–H and O–H groups in total. The molecular weight excluding hydrogens is 343 g/mol. The Hall–Kier alpha value is -1.23. The zero-order chi connectivity index (χ0) is 15.4. The van der Waals surface area contributed by atoms with E-state index in [0.29, 0.717) is 0 Å². The first-order valence-electron chi connectivity index (χ1n) is 7.63. The summed E-state index contributed by atoms with van der Waals surface area (Å²) >= 11 is 3.52. The van der Waals surface area contributed by atoms with Gasteiger partial charge in [0, 0.05) is 43.7 Å². The summed E-state index contributed by atoms with van der Waals surface area (Å²) in [7, 11) is 0. The number of hydrogen-bond donors (Lipinski definition) is 0. The lowest BCUT2D eigenvalue weighted by molar-refractivity contribution is 0.122. The van der Waals surface area contributed by atoms with E-state index in [-0.39, 0.29) is 5.82 Å². The molecule has 0 atom stereocenters. The highest BCUT2D eigenvalue weighted by Gasteiger charge is 2.17. The van der Waals surface area contributed by atoms with Crippen molar-refractivity contribution in [2.24, 2.45) is 0 Å². The van der Waals surface area contributed by atoms with Crippen LogP contribution < -0.4 is 0 Å². The van der Waals surface area contributed by atoms with Crippen molar-refractivity contribution in [2.75, 3.05) is 26.2 Å². The maximum Gasteiger partial charge on any atom is 0.123 e. The van der Waals surface area contributed by atoms with Crippen LogP contribution >= 0.6 is 15.9 Å². The third-order valence-electron chi connectivity index (χ3n) is 4.06. The van der Waals surface area contributed by atoms with E-state index < -0.39 is 0 Å². The summed E-state index contributed by atoms with van der Waals surface area (Å²) < 4.78 is 14.4. The monoisotopic (exact) mass is 362 g/mol. The quantitative estimate of drug-likeness (QED) is 0.813. The molecule has 0 bridgehead atoms. The van der Waals surface area contributed by atoms with Gasteiger partial charge >= 0.3 is 0 Å². The van der Waals surface area contributed by atoms with Gasteiger partial charge in [-0.15, -0.1) is 0 Å². The number of piperazine rings is 1. The first-order chi connectivity index (χ1) is 10.7. The van der Waals surface area contributed by atoms with Gasteiger partial charge in [-0.25, -0.2) is 4.39 Å². The third-order valence-corrected chi connectivity index (χ3v) is 4.55. The third kappa shape index (κ3) is 4.38. The van der Waals surface area contributed by atoms with Gasteiger partial charge in [-0.05, 0) is 35.4 Å². The molecule has 2 aromatic rings. The molecule has 0 radical (unpaired) electrons. The molecule has 1 saturated heterocycles. The Morgan fingerprint density at radius 2 is 1.36 bits per heavy atom. The van der Waals surface area contributed by atoms with Crippen LogP contribution in [0.15, 0.2) is 53.0 Å².